The van der Waals surface area contributed by atoms with Crippen LogP contribution in [0.1, 0.15) is 26.2 Å². The van der Waals surface area contributed by atoms with Crippen LogP contribution in [-0.4, -0.2) is 62.2 Å². The molecule has 0 aromatic rings. The van der Waals surface area contributed by atoms with Gasteiger partial charge in [0.2, 0.25) is 0 Å². The predicted molar refractivity (Wildman–Crippen MR) is 68.7 cm³/mol. The van der Waals surface area contributed by atoms with Crippen LogP contribution in [0.25, 0.3) is 0 Å². The third-order valence-electron chi connectivity index (χ3n) is 4.37. The average Bonchev–Trinajstić information content (AvgIpc) is 2.36. The van der Waals surface area contributed by atoms with Gasteiger partial charge in [0.25, 0.3) is 0 Å². The Hall–Kier alpha value is -0.120. The fraction of sp³-hybridized carbons (Fsp3) is 1.00. The second-order valence-electron chi connectivity index (χ2n) is 5.67. The van der Waals surface area contributed by atoms with Crippen LogP contribution < -0.4 is 5.32 Å². The van der Waals surface area contributed by atoms with Gasteiger partial charge in [-0.1, -0.05) is 0 Å². The molecule has 1 saturated carbocycles. The Morgan fingerprint density at radius 3 is 2.69 bits per heavy atom. The van der Waals surface area contributed by atoms with Crippen molar-refractivity contribution >= 4 is 0 Å². The van der Waals surface area contributed by atoms with E-state index >= 15 is 0 Å². The van der Waals surface area contributed by atoms with Gasteiger partial charge in [0.1, 0.15) is 0 Å². The van der Waals surface area contributed by atoms with E-state index in [9.17, 15) is 0 Å². The van der Waals surface area contributed by atoms with Gasteiger partial charge < -0.3 is 10.2 Å². The number of nitrogens with zero attached hydrogens (tertiary/aromatic N) is 2. The first-order chi connectivity index (χ1) is 7.72. The molecule has 1 saturated heterocycles. The molecule has 1 aliphatic heterocycles. The highest BCUT2D eigenvalue weighted by Crippen LogP contribution is 2.33. The lowest BCUT2D eigenvalue weighted by atomic mass is 9.77. The van der Waals surface area contributed by atoms with Crippen LogP contribution in [0.2, 0.25) is 0 Å². The van der Waals surface area contributed by atoms with Crippen molar-refractivity contribution in [2.24, 2.45) is 5.92 Å². The zero-order valence-corrected chi connectivity index (χ0v) is 11.1. The molecule has 0 amide bonds. The first kappa shape index (κ1) is 12.3. The van der Waals surface area contributed by atoms with Gasteiger partial charge in [-0.15, -0.1) is 0 Å². The Morgan fingerprint density at radius 2 is 2.06 bits per heavy atom. The monoisotopic (exact) mass is 225 g/mol. The first-order valence-electron chi connectivity index (χ1n) is 6.81. The van der Waals surface area contributed by atoms with Crippen molar-refractivity contribution in [1.82, 2.24) is 15.1 Å². The zero-order valence-electron chi connectivity index (χ0n) is 11.1. The van der Waals surface area contributed by atoms with Gasteiger partial charge in [-0.05, 0) is 65.8 Å². The number of rotatable bonds is 3. The van der Waals surface area contributed by atoms with E-state index in [0.717, 1.165) is 18.0 Å². The fourth-order valence-electron chi connectivity index (χ4n) is 3.37. The lowest BCUT2D eigenvalue weighted by molar-refractivity contribution is 0.0355. The van der Waals surface area contributed by atoms with E-state index < -0.39 is 0 Å². The largest absolute Gasteiger partial charge is 0.319 e. The Kier molecular flexibility index (Phi) is 4.22. The van der Waals surface area contributed by atoms with Crippen LogP contribution in [0.4, 0.5) is 0 Å². The van der Waals surface area contributed by atoms with Crippen molar-refractivity contribution in [3.8, 4) is 0 Å². The third-order valence-corrected chi connectivity index (χ3v) is 4.37. The molecule has 2 rings (SSSR count). The number of hydrogen-bond donors (Lipinski definition) is 1. The van der Waals surface area contributed by atoms with Gasteiger partial charge in [0.05, 0.1) is 0 Å². The highest BCUT2D eigenvalue weighted by Gasteiger charge is 2.37. The molecule has 2 fully saturated rings. The molecular weight excluding hydrogens is 198 g/mol. The molecule has 2 aliphatic rings. The van der Waals surface area contributed by atoms with Crippen molar-refractivity contribution in [3.05, 3.63) is 0 Å². The molecule has 1 heterocycles. The lowest BCUT2D eigenvalue weighted by Gasteiger charge is -2.46. The molecule has 3 heteroatoms. The van der Waals surface area contributed by atoms with Crippen LogP contribution >= 0.6 is 0 Å². The second-order valence-corrected chi connectivity index (χ2v) is 5.67. The van der Waals surface area contributed by atoms with Gasteiger partial charge in [0, 0.05) is 18.6 Å². The summed E-state index contributed by atoms with van der Waals surface area (Å²) in [7, 11) is 4.33. The summed E-state index contributed by atoms with van der Waals surface area (Å²) in [6.45, 7) is 7.41. The van der Waals surface area contributed by atoms with Gasteiger partial charge in [-0.2, -0.15) is 0 Å². The molecular formula is C13H27N3. The molecule has 0 aromatic heterocycles. The van der Waals surface area contributed by atoms with E-state index in [4.69, 9.17) is 0 Å². The maximum absolute atomic E-state index is 3.34. The van der Waals surface area contributed by atoms with E-state index in [-0.39, 0.29) is 0 Å². The first-order valence-corrected chi connectivity index (χ1v) is 6.81. The molecule has 94 valence electrons. The minimum Gasteiger partial charge on any atom is -0.319 e. The van der Waals surface area contributed by atoms with Crippen molar-refractivity contribution in [2.75, 3.05) is 40.3 Å². The Labute approximate surface area is 100 Å². The third kappa shape index (κ3) is 2.58. The van der Waals surface area contributed by atoms with E-state index in [1.165, 1.54) is 45.4 Å². The summed E-state index contributed by atoms with van der Waals surface area (Å²) in [5.41, 5.74) is 0. The summed E-state index contributed by atoms with van der Waals surface area (Å²) < 4.78 is 0. The van der Waals surface area contributed by atoms with Crippen molar-refractivity contribution in [1.29, 1.82) is 0 Å². The van der Waals surface area contributed by atoms with Crippen LogP contribution in [0.3, 0.4) is 0 Å². The van der Waals surface area contributed by atoms with Crippen molar-refractivity contribution in [3.63, 3.8) is 0 Å². The van der Waals surface area contributed by atoms with E-state index in [0.29, 0.717) is 0 Å². The normalized spacial score (nSPS) is 38.1. The summed E-state index contributed by atoms with van der Waals surface area (Å²) in [6, 6.07) is 1.59. The summed E-state index contributed by atoms with van der Waals surface area (Å²) >= 11 is 0. The number of nitrogens with one attached hydrogen (secondary N) is 1. The predicted octanol–water partition coefficient (Wildman–Crippen LogP) is 1.01. The second kappa shape index (κ2) is 5.48. The molecule has 1 aliphatic carbocycles. The molecule has 0 spiro atoms. The minimum absolute atomic E-state index is 0.733. The molecule has 0 bridgehead atoms. The summed E-state index contributed by atoms with van der Waals surface area (Å²) in [6.07, 6.45) is 4.18. The average molecular weight is 225 g/mol. The lowest BCUT2D eigenvalue weighted by Crippen LogP contribution is -2.54. The Bertz CT molecular complexity index is 219. The van der Waals surface area contributed by atoms with E-state index in [1.807, 2.05) is 0 Å². The summed E-state index contributed by atoms with van der Waals surface area (Å²) in [4.78, 5) is 5.26. The van der Waals surface area contributed by atoms with Gasteiger partial charge in [-0.3, -0.25) is 4.90 Å². The van der Waals surface area contributed by atoms with Crippen LogP contribution in [0.15, 0.2) is 0 Å². The van der Waals surface area contributed by atoms with E-state index in [2.05, 4.69) is 36.1 Å². The molecule has 16 heavy (non-hydrogen) atoms. The van der Waals surface area contributed by atoms with Crippen molar-refractivity contribution < 1.29 is 0 Å². The maximum Gasteiger partial charge on any atom is 0.0197 e. The highest BCUT2D eigenvalue weighted by atomic mass is 15.3. The standard InChI is InChI=1S/C13H27N3/c1-11-10-15(3)7-4-8-16(11)13-6-5-12(13)9-14-2/h11-14H,4-10H2,1-3H3. The summed E-state index contributed by atoms with van der Waals surface area (Å²) in [5.74, 6) is 0.899. The zero-order chi connectivity index (χ0) is 11.5. The number of likely N-dealkylation sites (N-methyl/N-ethyl adjacent to an activating group) is 1. The molecule has 0 radical (unpaired) electrons. The van der Waals surface area contributed by atoms with Crippen LogP contribution in [0.5, 0.6) is 0 Å². The topological polar surface area (TPSA) is 18.5 Å². The highest BCUT2D eigenvalue weighted by molar-refractivity contribution is 4.93. The fourth-order valence-corrected chi connectivity index (χ4v) is 3.37. The SMILES string of the molecule is CNCC1CCC1N1CCCN(C)CC1C. The quantitative estimate of drug-likeness (QED) is 0.773. The van der Waals surface area contributed by atoms with E-state index in [1.54, 1.807) is 0 Å². The molecule has 0 aromatic carbocycles. The molecule has 3 atom stereocenters. The Balaban J connectivity index is 1.92. The molecule has 3 nitrogen and oxygen atoms in total. The molecule has 3 unspecified atom stereocenters. The van der Waals surface area contributed by atoms with Gasteiger partial charge >= 0.3 is 0 Å². The van der Waals surface area contributed by atoms with Crippen LogP contribution in [0, 0.1) is 5.92 Å². The van der Waals surface area contributed by atoms with Crippen LogP contribution in [-0.2, 0) is 0 Å². The minimum atomic E-state index is 0.733. The maximum atomic E-state index is 3.34. The number of hydrogen-bond acceptors (Lipinski definition) is 3. The van der Waals surface area contributed by atoms with Gasteiger partial charge in [0.15, 0.2) is 0 Å². The summed E-state index contributed by atoms with van der Waals surface area (Å²) in [5, 5.41) is 3.34. The Morgan fingerprint density at radius 1 is 1.25 bits per heavy atom. The molecule has 1 N–H and O–H groups in total. The van der Waals surface area contributed by atoms with Gasteiger partial charge in [-0.25, -0.2) is 0 Å². The smallest absolute Gasteiger partial charge is 0.0197 e. The van der Waals surface area contributed by atoms with Crippen molar-refractivity contribution in [2.45, 2.75) is 38.3 Å².